The first-order valence-electron chi connectivity index (χ1n) is 6.50. The van der Waals surface area contributed by atoms with Gasteiger partial charge in [-0.2, -0.15) is 5.10 Å². The van der Waals surface area contributed by atoms with Gasteiger partial charge in [0.25, 0.3) is 0 Å². The highest BCUT2D eigenvalue weighted by molar-refractivity contribution is 7.13. The van der Waals surface area contributed by atoms with Gasteiger partial charge in [-0.15, -0.1) is 11.3 Å². The lowest BCUT2D eigenvalue weighted by Gasteiger charge is -2.00. The van der Waals surface area contributed by atoms with Crippen LogP contribution in [0.5, 0.6) is 0 Å². The van der Waals surface area contributed by atoms with Crippen molar-refractivity contribution >= 4 is 28.1 Å². The molecule has 0 radical (unpaired) electrons. The minimum atomic E-state index is -0.275. The molecule has 0 spiro atoms. The van der Waals surface area contributed by atoms with Crippen LogP contribution in [-0.4, -0.2) is 28.3 Å². The summed E-state index contributed by atoms with van der Waals surface area (Å²) in [5.74, 6) is -0.275. The summed E-state index contributed by atoms with van der Waals surface area (Å²) >= 11 is 1.39. The van der Waals surface area contributed by atoms with Crippen LogP contribution >= 0.6 is 11.3 Å². The van der Waals surface area contributed by atoms with Gasteiger partial charge in [0.1, 0.15) is 0 Å². The molecular weight excluding hydrogens is 288 g/mol. The summed E-state index contributed by atoms with van der Waals surface area (Å²) in [7, 11) is 0. The fourth-order valence-corrected chi connectivity index (χ4v) is 2.22. The highest BCUT2D eigenvalue weighted by atomic mass is 32.1. The number of aromatic nitrogens is 2. The molecule has 0 amide bonds. The van der Waals surface area contributed by atoms with Crippen molar-refractivity contribution in [3.8, 4) is 0 Å². The number of carbonyl (C=O) groups excluding carboxylic acids is 1. The highest BCUT2D eigenvalue weighted by Gasteiger charge is 2.08. The van der Waals surface area contributed by atoms with E-state index in [1.54, 1.807) is 13.1 Å². The van der Waals surface area contributed by atoms with Crippen LogP contribution < -0.4 is 5.43 Å². The number of esters is 1. The number of thiazole rings is 1. The summed E-state index contributed by atoms with van der Waals surface area (Å²) in [4.78, 5) is 19.8. The molecule has 21 heavy (non-hydrogen) atoms. The van der Waals surface area contributed by atoms with Gasteiger partial charge in [0.05, 0.1) is 30.1 Å². The largest absolute Gasteiger partial charge is 0.466 e. The van der Waals surface area contributed by atoms with Crippen LogP contribution in [0.4, 0.5) is 5.13 Å². The summed E-state index contributed by atoms with van der Waals surface area (Å²) in [6, 6.07) is 5.64. The van der Waals surface area contributed by atoms with Crippen molar-refractivity contribution in [2.45, 2.75) is 20.3 Å². The third-order valence-corrected chi connectivity index (χ3v) is 3.33. The van der Waals surface area contributed by atoms with Gasteiger partial charge in [-0.05, 0) is 26.0 Å². The van der Waals surface area contributed by atoms with Crippen LogP contribution in [0, 0.1) is 0 Å². The van der Waals surface area contributed by atoms with Gasteiger partial charge in [-0.1, -0.05) is 6.07 Å². The Hall–Kier alpha value is -2.28. The number of hydrazone groups is 1. The Morgan fingerprint density at radius 3 is 3.05 bits per heavy atom. The Morgan fingerprint density at radius 1 is 1.48 bits per heavy atom. The van der Waals surface area contributed by atoms with Gasteiger partial charge in [0.15, 0.2) is 0 Å². The third-order valence-electron chi connectivity index (χ3n) is 2.54. The minimum Gasteiger partial charge on any atom is -0.466 e. The van der Waals surface area contributed by atoms with Gasteiger partial charge in [0.2, 0.25) is 5.13 Å². The Kier molecular flexibility index (Phi) is 5.39. The van der Waals surface area contributed by atoms with Crippen molar-refractivity contribution in [2.24, 2.45) is 5.10 Å². The van der Waals surface area contributed by atoms with Gasteiger partial charge >= 0.3 is 5.97 Å². The molecule has 110 valence electrons. The highest BCUT2D eigenvalue weighted by Crippen LogP contribution is 2.16. The number of pyridine rings is 1. The Balaban J connectivity index is 1.95. The zero-order valence-corrected chi connectivity index (χ0v) is 12.7. The van der Waals surface area contributed by atoms with Gasteiger partial charge < -0.3 is 4.74 Å². The van der Waals surface area contributed by atoms with E-state index in [1.165, 1.54) is 11.3 Å². The molecule has 0 aliphatic carbocycles. The first kappa shape index (κ1) is 15.1. The summed E-state index contributed by atoms with van der Waals surface area (Å²) < 4.78 is 4.88. The number of anilines is 1. The Bertz CT molecular complexity index is 625. The lowest BCUT2D eigenvalue weighted by Crippen LogP contribution is -2.07. The van der Waals surface area contributed by atoms with Crippen molar-refractivity contribution < 1.29 is 9.53 Å². The average Bonchev–Trinajstić information content (AvgIpc) is 2.93. The molecule has 0 atom stereocenters. The van der Waals surface area contributed by atoms with Gasteiger partial charge in [-0.3, -0.25) is 15.2 Å². The lowest BCUT2D eigenvalue weighted by molar-refractivity contribution is -0.142. The maximum atomic E-state index is 11.4. The fourth-order valence-electron chi connectivity index (χ4n) is 1.57. The number of rotatable bonds is 6. The van der Waals surface area contributed by atoms with E-state index in [9.17, 15) is 4.79 Å². The maximum Gasteiger partial charge on any atom is 0.311 e. The minimum absolute atomic E-state index is 0.176. The number of hydrogen-bond donors (Lipinski definition) is 1. The Labute approximate surface area is 126 Å². The fraction of sp³-hybridized carbons (Fsp3) is 0.286. The quantitative estimate of drug-likeness (QED) is 0.504. The SMILES string of the molecule is CCOC(=O)Cc1csc(N/N=C(\C)c2ccccn2)n1. The second kappa shape index (κ2) is 7.49. The first-order chi connectivity index (χ1) is 10.2. The molecule has 0 saturated carbocycles. The summed E-state index contributed by atoms with van der Waals surface area (Å²) in [6.07, 6.45) is 1.89. The van der Waals surface area contributed by atoms with E-state index in [0.29, 0.717) is 17.4 Å². The van der Waals surface area contributed by atoms with Crippen LogP contribution in [-0.2, 0) is 16.0 Å². The van der Waals surface area contributed by atoms with E-state index >= 15 is 0 Å². The molecule has 0 saturated heterocycles. The molecule has 6 nitrogen and oxygen atoms in total. The molecule has 1 N–H and O–H groups in total. The molecule has 0 aliphatic rings. The smallest absolute Gasteiger partial charge is 0.311 e. The van der Waals surface area contributed by atoms with Crippen LogP contribution in [0.25, 0.3) is 0 Å². The number of nitrogens with one attached hydrogen (secondary N) is 1. The molecule has 0 bridgehead atoms. The number of ether oxygens (including phenoxy) is 1. The van der Waals surface area contributed by atoms with Crippen LogP contribution in [0.1, 0.15) is 25.2 Å². The van der Waals surface area contributed by atoms with Crippen molar-refractivity contribution in [3.05, 3.63) is 41.2 Å². The zero-order valence-electron chi connectivity index (χ0n) is 11.9. The van der Waals surface area contributed by atoms with E-state index in [4.69, 9.17) is 4.74 Å². The molecule has 2 rings (SSSR count). The molecule has 0 aliphatic heterocycles. The molecular formula is C14H16N4O2S. The topological polar surface area (TPSA) is 76.5 Å². The van der Waals surface area contributed by atoms with Crippen molar-refractivity contribution in [1.29, 1.82) is 0 Å². The van der Waals surface area contributed by atoms with Crippen molar-refractivity contribution in [1.82, 2.24) is 9.97 Å². The van der Waals surface area contributed by atoms with Crippen molar-refractivity contribution in [2.75, 3.05) is 12.0 Å². The number of carbonyl (C=O) groups is 1. The standard InChI is InChI=1S/C14H16N4O2S/c1-3-20-13(19)8-11-9-21-14(16-11)18-17-10(2)12-6-4-5-7-15-12/h4-7,9H,3,8H2,1-2H3,(H,16,18)/b17-10+. The maximum absolute atomic E-state index is 11.4. The van der Waals surface area contributed by atoms with E-state index in [2.05, 4.69) is 20.5 Å². The van der Waals surface area contributed by atoms with Gasteiger partial charge in [0, 0.05) is 11.6 Å². The second-order valence-corrected chi connectivity index (χ2v) is 5.01. The molecule has 2 aromatic heterocycles. The average molecular weight is 304 g/mol. The van der Waals surface area contributed by atoms with Crippen LogP contribution in [0.15, 0.2) is 34.9 Å². The zero-order chi connectivity index (χ0) is 15.1. The van der Waals surface area contributed by atoms with Crippen LogP contribution in [0.3, 0.4) is 0 Å². The number of nitrogens with zero attached hydrogens (tertiary/aromatic N) is 3. The summed E-state index contributed by atoms with van der Waals surface area (Å²) in [6.45, 7) is 4.02. The number of hydrogen-bond acceptors (Lipinski definition) is 7. The van der Waals surface area contributed by atoms with Crippen molar-refractivity contribution in [3.63, 3.8) is 0 Å². The first-order valence-corrected chi connectivity index (χ1v) is 7.38. The van der Waals surface area contributed by atoms with E-state index in [0.717, 1.165) is 11.4 Å². The predicted octanol–water partition coefficient (Wildman–Crippen LogP) is 2.48. The molecule has 0 unspecified atom stereocenters. The van der Waals surface area contributed by atoms with E-state index in [-0.39, 0.29) is 12.4 Å². The molecule has 2 heterocycles. The molecule has 0 fully saturated rings. The monoisotopic (exact) mass is 304 g/mol. The van der Waals surface area contributed by atoms with Crippen LogP contribution in [0.2, 0.25) is 0 Å². The molecule has 2 aromatic rings. The van der Waals surface area contributed by atoms with Gasteiger partial charge in [-0.25, -0.2) is 4.98 Å². The Morgan fingerprint density at radius 2 is 2.33 bits per heavy atom. The van der Waals surface area contributed by atoms with E-state index < -0.39 is 0 Å². The summed E-state index contributed by atoms with van der Waals surface area (Å²) in [5.41, 5.74) is 5.11. The normalized spacial score (nSPS) is 11.2. The third kappa shape index (κ3) is 4.64. The van der Waals surface area contributed by atoms with E-state index in [1.807, 2.05) is 30.5 Å². The second-order valence-electron chi connectivity index (χ2n) is 4.15. The predicted molar refractivity (Wildman–Crippen MR) is 82.5 cm³/mol. The molecule has 0 aromatic carbocycles. The molecule has 7 heteroatoms. The lowest BCUT2D eigenvalue weighted by atomic mass is 10.3. The summed E-state index contributed by atoms with van der Waals surface area (Å²) in [5, 5.41) is 6.67.